The summed E-state index contributed by atoms with van der Waals surface area (Å²) in [5.74, 6) is 2.41. The van der Waals surface area contributed by atoms with Crippen molar-refractivity contribution in [1.82, 2.24) is 19.9 Å². The second-order valence-corrected chi connectivity index (χ2v) is 8.31. The van der Waals surface area contributed by atoms with Crippen LogP contribution >= 0.6 is 0 Å². The number of pyridine rings is 1. The van der Waals surface area contributed by atoms with Crippen molar-refractivity contribution in [1.29, 1.82) is 0 Å². The van der Waals surface area contributed by atoms with Crippen molar-refractivity contribution in [2.45, 2.75) is 58.5 Å². The monoisotopic (exact) mass is 420 g/mol. The Balaban J connectivity index is 1.47. The minimum atomic E-state index is -0.132. The highest BCUT2D eigenvalue weighted by atomic mass is 16.6. The van der Waals surface area contributed by atoms with Gasteiger partial charge in [-0.3, -0.25) is 4.79 Å². The van der Waals surface area contributed by atoms with Crippen LogP contribution in [0.2, 0.25) is 0 Å². The third kappa shape index (κ3) is 3.73. The number of nitrogens with zero attached hydrogens (tertiary/aromatic N) is 3. The van der Waals surface area contributed by atoms with Gasteiger partial charge in [-0.25, -0.2) is 9.97 Å². The van der Waals surface area contributed by atoms with Crippen LogP contribution < -0.4 is 14.8 Å². The summed E-state index contributed by atoms with van der Waals surface area (Å²) < 4.78 is 13.5. The molecule has 0 spiro atoms. The molecule has 1 atom stereocenters. The highest BCUT2D eigenvalue weighted by molar-refractivity contribution is 6.04. The molecule has 4 heterocycles. The maximum atomic E-state index is 13.4. The first-order chi connectivity index (χ1) is 15.1. The summed E-state index contributed by atoms with van der Waals surface area (Å²) in [6, 6.07) is 7.59. The number of fused-ring (bicyclic) bond motifs is 4. The Kier molecular flexibility index (Phi) is 5.26. The minimum absolute atomic E-state index is 0.120. The number of aryl methyl sites for hydroxylation is 3. The predicted octanol–water partition coefficient (Wildman–Crippen LogP) is 4.12. The summed E-state index contributed by atoms with van der Waals surface area (Å²) in [6.45, 7) is 6.02. The van der Waals surface area contributed by atoms with E-state index in [0.717, 1.165) is 66.5 Å². The molecule has 5 rings (SSSR count). The number of nitrogens with one attached hydrogen (secondary N) is 1. The van der Waals surface area contributed by atoms with E-state index in [9.17, 15) is 4.79 Å². The molecule has 7 nitrogen and oxygen atoms in total. The number of amides is 1. The number of carbonyl (C=O) groups is 1. The van der Waals surface area contributed by atoms with Gasteiger partial charge in [-0.2, -0.15) is 0 Å². The molecule has 3 aromatic rings. The van der Waals surface area contributed by atoms with E-state index >= 15 is 0 Å². The molecular weight excluding hydrogens is 392 g/mol. The molecule has 0 saturated heterocycles. The SMILES string of the molecule is CCC(NC(=O)c1cc(C)nc2c1nc1n2CCCCC1)c1ccc2c(c1)OCCO2. The van der Waals surface area contributed by atoms with Gasteiger partial charge in [0.1, 0.15) is 24.6 Å². The van der Waals surface area contributed by atoms with Gasteiger partial charge in [-0.15, -0.1) is 0 Å². The average molecular weight is 421 g/mol. The highest BCUT2D eigenvalue weighted by Gasteiger charge is 2.23. The number of carbonyl (C=O) groups excluding carboxylic acids is 1. The standard InChI is InChI=1S/C24H28N4O3/c1-3-18(16-8-9-19-20(14-16)31-12-11-30-19)26-24(29)17-13-15(2)25-23-22(17)27-21-7-5-4-6-10-28(21)23/h8-9,13-14,18H,3-7,10-12H2,1-2H3,(H,26,29). The number of benzene rings is 1. The molecule has 2 aliphatic rings. The maximum absolute atomic E-state index is 13.4. The van der Waals surface area contributed by atoms with Gasteiger partial charge >= 0.3 is 0 Å². The quantitative estimate of drug-likeness (QED) is 0.687. The second-order valence-electron chi connectivity index (χ2n) is 8.31. The summed E-state index contributed by atoms with van der Waals surface area (Å²) in [7, 11) is 0. The zero-order chi connectivity index (χ0) is 21.4. The van der Waals surface area contributed by atoms with Gasteiger partial charge in [-0.1, -0.05) is 19.4 Å². The molecule has 0 saturated carbocycles. The van der Waals surface area contributed by atoms with Gasteiger partial charge in [0, 0.05) is 18.7 Å². The van der Waals surface area contributed by atoms with Gasteiger partial charge < -0.3 is 19.4 Å². The van der Waals surface area contributed by atoms with Crippen molar-refractivity contribution in [2.75, 3.05) is 13.2 Å². The van der Waals surface area contributed by atoms with E-state index in [-0.39, 0.29) is 11.9 Å². The number of rotatable bonds is 4. The Morgan fingerprint density at radius 1 is 1.13 bits per heavy atom. The van der Waals surface area contributed by atoms with E-state index in [4.69, 9.17) is 19.4 Å². The fourth-order valence-electron chi connectivity index (χ4n) is 4.52. The van der Waals surface area contributed by atoms with Gasteiger partial charge in [0.05, 0.1) is 11.6 Å². The molecule has 1 unspecified atom stereocenters. The van der Waals surface area contributed by atoms with E-state index in [1.807, 2.05) is 31.2 Å². The van der Waals surface area contributed by atoms with Crippen molar-refractivity contribution in [3.63, 3.8) is 0 Å². The van der Waals surface area contributed by atoms with Crippen LogP contribution in [0.4, 0.5) is 0 Å². The summed E-state index contributed by atoms with van der Waals surface area (Å²) in [6.07, 6.45) is 5.16. The Morgan fingerprint density at radius 2 is 1.97 bits per heavy atom. The molecule has 0 bridgehead atoms. The lowest BCUT2D eigenvalue weighted by atomic mass is 10.0. The number of ether oxygens (including phenoxy) is 2. The molecule has 1 aromatic carbocycles. The largest absolute Gasteiger partial charge is 0.486 e. The zero-order valence-corrected chi connectivity index (χ0v) is 18.1. The van der Waals surface area contributed by atoms with Gasteiger partial charge in [-0.05, 0) is 49.9 Å². The molecule has 0 aliphatic carbocycles. The smallest absolute Gasteiger partial charge is 0.254 e. The van der Waals surface area contributed by atoms with E-state index in [1.165, 1.54) is 6.42 Å². The minimum Gasteiger partial charge on any atom is -0.486 e. The van der Waals surface area contributed by atoms with Crippen LogP contribution in [0.1, 0.15) is 66.1 Å². The number of imidazole rings is 1. The zero-order valence-electron chi connectivity index (χ0n) is 18.1. The second kappa shape index (κ2) is 8.21. The Hall–Kier alpha value is -3.09. The van der Waals surface area contributed by atoms with Crippen LogP contribution in [0.15, 0.2) is 24.3 Å². The van der Waals surface area contributed by atoms with E-state index in [0.29, 0.717) is 24.3 Å². The molecule has 1 N–H and O–H groups in total. The van der Waals surface area contributed by atoms with Gasteiger partial charge in [0.15, 0.2) is 17.1 Å². The van der Waals surface area contributed by atoms with E-state index in [1.54, 1.807) is 0 Å². The van der Waals surface area contributed by atoms with Crippen molar-refractivity contribution in [3.8, 4) is 11.5 Å². The van der Waals surface area contributed by atoms with Crippen molar-refractivity contribution in [2.24, 2.45) is 0 Å². The third-order valence-electron chi connectivity index (χ3n) is 6.12. The van der Waals surface area contributed by atoms with Crippen molar-refractivity contribution in [3.05, 3.63) is 46.9 Å². The van der Waals surface area contributed by atoms with Crippen LogP contribution in [0.3, 0.4) is 0 Å². The highest BCUT2D eigenvalue weighted by Crippen LogP contribution is 2.33. The Labute approximate surface area is 181 Å². The summed E-state index contributed by atoms with van der Waals surface area (Å²) in [4.78, 5) is 23.0. The molecule has 1 amide bonds. The van der Waals surface area contributed by atoms with Crippen molar-refractivity contribution < 1.29 is 14.3 Å². The molecule has 162 valence electrons. The van der Waals surface area contributed by atoms with Crippen LogP contribution in [-0.4, -0.2) is 33.7 Å². The Bertz CT molecular complexity index is 1140. The third-order valence-corrected chi connectivity index (χ3v) is 6.12. The molecule has 2 aliphatic heterocycles. The lowest BCUT2D eigenvalue weighted by Gasteiger charge is -2.22. The van der Waals surface area contributed by atoms with Crippen LogP contribution in [0, 0.1) is 6.92 Å². The Morgan fingerprint density at radius 3 is 2.81 bits per heavy atom. The number of hydrogen-bond acceptors (Lipinski definition) is 5. The van der Waals surface area contributed by atoms with Crippen LogP contribution in [-0.2, 0) is 13.0 Å². The molecule has 0 radical (unpaired) electrons. The first-order valence-corrected chi connectivity index (χ1v) is 11.2. The maximum Gasteiger partial charge on any atom is 0.254 e. The van der Waals surface area contributed by atoms with E-state index < -0.39 is 0 Å². The predicted molar refractivity (Wildman–Crippen MR) is 118 cm³/mol. The summed E-state index contributed by atoms with van der Waals surface area (Å²) >= 11 is 0. The topological polar surface area (TPSA) is 78.3 Å². The van der Waals surface area contributed by atoms with Gasteiger partial charge in [0.25, 0.3) is 5.91 Å². The first-order valence-electron chi connectivity index (χ1n) is 11.2. The lowest BCUT2D eigenvalue weighted by molar-refractivity contribution is 0.0936. The van der Waals surface area contributed by atoms with E-state index in [2.05, 4.69) is 16.8 Å². The lowest BCUT2D eigenvalue weighted by Crippen LogP contribution is -2.28. The summed E-state index contributed by atoms with van der Waals surface area (Å²) in [5.41, 5.74) is 3.96. The fourth-order valence-corrected chi connectivity index (χ4v) is 4.52. The fraction of sp³-hybridized carbons (Fsp3) is 0.458. The van der Waals surface area contributed by atoms with Crippen molar-refractivity contribution >= 4 is 17.1 Å². The number of hydrogen-bond donors (Lipinski definition) is 1. The molecular formula is C24H28N4O3. The summed E-state index contributed by atoms with van der Waals surface area (Å²) in [5, 5.41) is 3.21. The molecule has 2 aromatic heterocycles. The molecule has 7 heteroatoms. The average Bonchev–Trinajstić information content (AvgIpc) is 2.97. The normalized spacial score (nSPS) is 16.5. The number of aromatic nitrogens is 3. The van der Waals surface area contributed by atoms with Gasteiger partial charge in [0.2, 0.25) is 0 Å². The first kappa shape index (κ1) is 19.8. The molecule has 0 fully saturated rings. The van der Waals surface area contributed by atoms with Crippen LogP contribution in [0.5, 0.6) is 11.5 Å². The molecule has 31 heavy (non-hydrogen) atoms. The van der Waals surface area contributed by atoms with Crippen LogP contribution in [0.25, 0.3) is 11.2 Å².